The summed E-state index contributed by atoms with van der Waals surface area (Å²) in [5.74, 6) is 2.11. The molecule has 0 saturated carbocycles. The van der Waals surface area contributed by atoms with Crippen molar-refractivity contribution in [3.05, 3.63) is 52.6 Å². The van der Waals surface area contributed by atoms with Gasteiger partial charge in [-0.1, -0.05) is 0 Å². The second-order valence-electron chi connectivity index (χ2n) is 6.00. The van der Waals surface area contributed by atoms with E-state index in [0.717, 1.165) is 5.39 Å². The molecular formula is C20H14O6. The molecule has 0 N–H and O–H groups in total. The van der Waals surface area contributed by atoms with Crippen LogP contribution in [0.25, 0.3) is 33.1 Å². The van der Waals surface area contributed by atoms with Crippen molar-refractivity contribution in [1.29, 1.82) is 0 Å². The lowest BCUT2D eigenvalue weighted by Crippen LogP contribution is -2.15. The quantitative estimate of drug-likeness (QED) is 0.542. The van der Waals surface area contributed by atoms with Gasteiger partial charge >= 0.3 is 0 Å². The van der Waals surface area contributed by atoms with Gasteiger partial charge in [0, 0.05) is 11.6 Å². The number of methoxy groups -OCH3 is 2. The first-order valence-electron chi connectivity index (χ1n) is 8.06. The summed E-state index contributed by atoms with van der Waals surface area (Å²) in [4.78, 5) is 13.2. The van der Waals surface area contributed by atoms with Gasteiger partial charge in [-0.05, 0) is 24.3 Å². The zero-order valence-electron chi connectivity index (χ0n) is 14.1. The first-order chi connectivity index (χ1) is 12.7. The molecule has 1 aliphatic heterocycles. The molecule has 1 aliphatic rings. The minimum absolute atomic E-state index is 0.110. The van der Waals surface area contributed by atoms with Gasteiger partial charge in [-0.15, -0.1) is 0 Å². The Morgan fingerprint density at radius 1 is 1.00 bits per heavy atom. The van der Waals surface area contributed by atoms with Gasteiger partial charge in [0.2, 0.25) is 5.43 Å². The average molecular weight is 350 g/mol. The zero-order chi connectivity index (χ0) is 17.8. The van der Waals surface area contributed by atoms with Gasteiger partial charge in [0.05, 0.1) is 36.8 Å². The Bertz CT molecular complexity index is 1230. The largest absolute Gasteiger partial charge is 0.493 e. The number of furan rings is 1. The fraction of sp³-hybridized carbons (Fsp3) is 0.150. The maximum atomic E-state index is 13.2. The van der Waals surface area contributed by atoms with E-state index in [1.54, 1.807) is 50.8 Å². The van der Waals surface area contributed by atoms with Gasteiger partial charge in [0.15, 0.2) is 17.3 Å². The van der Waals surface area contributed by atoms with Gasteiger partial charge in [-0.25, -0.2) is 0 Å². The van der Waals surface area contributed by atoms with Gasteiger partial charge in [-0.3, -0.25) is 4.79 Å². The molecule has 0 aliphatic carbocycles. The summed E-state index contributed by atoms with van der Waals surface area (Å²) in [5.41, 5.74) is 2.19. The third kappa shape index (κ3) is 1.89. The minimum atomic E-state index is -0.110. The van der Waals surface area contributed by atoms with Crippen molar-refractivity contribution in [3.8, 4) is 28.4 Å². The molecule has 2 aromatic heterocycles. The zero-order valence-corrected chi connectivity index (χ0v) is 14.1. The van der Waals surface area contributed by atoms with E-state index in [1.165, 1.54) is 0 Å². The maximum Gasteiger partial charge on any atom is 0.201 e. The van der Waals surface area contributed by atoms with Crippen molar-refractivity contribution >= 4 is 21.9 Å². The van der Waals surface area contributed by atoms with Crippen molar-refractivity contribution in [2.24, 2.45) is 0 Å². The van der Waals surface area contributed by atoms with Crippen LogP contribution in [0.4, 0.5) is 0 Å². The van der Waals surface area contributed by atoms with Gasteiger partial charge in [0.25, 0.3) is 0 Å². The molecule has 2 aromatic carbocycles. The smallest absolute Gasteiger partial charge is 0.201 e. The molecule has 0 fully saturated rings. The van der Waals surface area contributed by atoms with Crippen molar-refractivity contribution in [3.63, 3.8) is 0 Å². The summed E-state index contributed by atoms with van der Waals surface area (Å²) in [6, 6.07) is 8.75. The van der Waals surface area contributed by atoms with Gasteiger partial charge in [-0.2, -0.15) is 0 Å². The lowest BCUT2D eigenvalue weighted by molar-refractivity contribution is 0.264. The van der Waals surface area contributed by atoms with Crippen molar-refractivity contribution in [1.82, 2.24) is 0 Å². The summed E-state index contributed by atoms with van der Waals surface area (Å²) < 4.78 is 27.9. The molecular weight excluding hydrogens is 336 g/mol. The molecule has 0 saturated heterocycles. The molecule has 6 nitrogen and oxygen atoms in total. The number of rotatable bonds is 2. The van der Waals surface area contributed by atoms with Crippen LogP contribution in [0.2, 0.25) is 0 Å². The van der Waals surface area contributed by atoms with Crippen molar-refractivity contribution < 1.29 is 23.0 Å². The van der Waals surface area contributed by atoms with Gasteiger partial charge < -0.3 is 23.0 Å². The summed E-state index contributed by atoms with van der Waals surface area (Å²) in [5, 5.41) is 1.26. The highest BCUT2D eigenvalue weighted by molar-refractivity contribution is 6.03. The highest BCUT2D eigenvalue weighted by Gasteiger charge is 2.27. The first kappa shape index (κ1) is 14.9. The van der Waals surface area contributed by atoms with Crippen LogP contribution in [0.1, 0.15) is 5.76 Å². The number of benzene rings is 2. The van der Waals surface area contributed by atoms with Crippen LogP contribution in [-0.2, 0) is 6.61 Å². The number of hydrogen-bond donors (Lipinski definition) is 0. The van der Waals surface area contributed by atoms with Crippen LogP contribution in [0.15, 0.2) is 50.2 Å². The molecule has 0 radical (unpaired) electrons. The molecule has 0 atom stereocenters. The molecule has 0 bridgehead atoms. The van der Waals surface area contributed by atoms with Crippen LogP contribution < -0.4 is 19.6 Å². The fourth-order valence-electron chi connectivity index (χ4n) is 3.43. The molecule has 26 heavy (non-hydrogen) atoms. The van der Waals surface area contributed by atoms with Crippen molar-refractivity contribution in [2.75, 3.05) is 14.2 Å². The molecule has 6 heteroatoms. The number of hydrogen-bond acceptors (Lipinski definition) is 6. The standard InChI is InChI=1S/C20H14O6/c1-22-15-7-12-14(8-16(15)23-2)25-9-17-18(12)19(21)11-3-4-13-10(5-6-24-13)20(11)26-17/h3-8H,9H2,1-2H3. The molecule has 0 spiro atoms. The van der Waals surface area contributed by atoms with Crippen molar-refractivity contribution in [2.45, 2.75) is 6.61 Å². The van der Waals surface area contributed by atoms with E-state index in [-0.39, 0.29) is 12.0 Å². The van der Waals surface area contributed by atoms with E-state index < -0.39 is 0 Å². The first-order valence-corrected chi connectivity index (χ1v) is 8.06. The predicted molar refractivity (Wildman–Crippen MR) is 95.1 cm³/mol. The SMILES string of the molecule is COc1cc2c(cc1OC)-c1c(oc3c(ccc4occc43)c1=O)CO2. The van der Waals surface area contributed by atoms with Crippen LogP contribution >= 0.6 is 0 Å². The Morgan fingerprint density at radius 3 is 2.62 bits per heavy atom. The Kier molecular flexibility index (Phi) is 3.03. The van der Waals surface area contributed by atoms with Crippen LogP contribution in [0.5, 0.6) is 17.2 Å². The Balaban J connectivity index is 1.86. The third-order valence-electron chi connectivity index (χ3n) is 4.68. The van der Waals surface area contributed by atoms with Crippen LogP contribution in [-0.4, -0.2) is 14.2 Å². The van der Waals surface area contributed by atoms with Crippen LogP contribution in [0.3, 0.4) is 0 Å². The van der Waals surface area contributed by atoms with E-state index in [1.807, 2.05) is 0 Å². The Labute approximate surface area is 147 Å². The Morgan fingerprint density at radius 2 is 1.81 bits per heavy atom. The highest BCUT2D eigenvalue weighted by atomic mass is 16.5. The van der Waals surface area contributed by atoms with E-state index in [2.05, 4.69) is 0 Å². The summed E-state index contributed by atoms with van der Waals surface area (Å²) >= 11 is 0. The summed E-state index contributed by atoms with van der Waals surface area (Å²) in [6.07, 6.45) is 1.58. The second-order valence-corrected chi connectivity index (χ2v) is 6.00. The van der Waals surface area contributed by atoms with E-state index >= 15 is 0 Å². The molecule has 0 unspecified atom stereocenters. The number of fused-ring (bicyclic) bond motifs is 6. The summed E-state index contributed by atoms with van der Waals surface area (Å²) in [7, 11) is 3.10. The van der Waals surface area contributed by atoms with Crippen LogP contribution in [0, 0.1) is 0 Å². The van der Waals surface area contributed by atoms with E-state index in [9.17, 15) is 4.79 Å². The van der Waals surface area contributed by atoms with Gasteiger partial charge in [0.1, 0.15) is 23.5 Å². The van der Waals surface area contributed by atoms with E-state index in [4.69, 9.17) is 23.0 Å². The fourth-order valence-corrected chi connectivity index (χ4v) is 3.43. The Hall–Kier alpha value is -3.41. The lowest BCUT2D eigenvalue weighted by atomic mass is 9.98. The molecule has 3 heterocycles. The topological polar surface area (TPSA) is 71.0 Å². The molecule has 4 aromatic rings. The highest BCUT2D eigenvalue weighted by Crippen LogP contribution is 2.44. The third-order valence-corrected chi connectivity index (χ3v) is 4.68. The summed E-state index contributed by atoms with van der Waals surface area (Å²) in [6.45, 7) is 0.164. The minimum Gasteiger partial charge on any atom is -0.493 e. The molecule has 0 amide bonds. The normalized spacial score (nSPS) is 12.5. The second kappa shape index (κ2) is 5.29. The monoisotopic (exact) mass is 350 g/mol. The molecule has 130 valence electrons. The maximum absolute atomic E-state index is 13.2. The predicted octanol–water partition coefficient (Wildman–Crippen LogP) is 4.12. The van der Waals surface area contributed by atoms with E-state index in [0.29, 0.717) is 50.7 Å². The average Bonchev–Trinajstić information content (AvgIpc) is 3.15. The lowest BCUT2D eigenvalue weighted by Gasteiger charge is -2.21. The molecule has 5 rings (SSSR count). The number of ether oxygens (including phenoxy) is 3.